The first-order valence-electron chi connectivity index (χ1n) is 4.11. The van der Waals surface area contributed by atoms with Gasteiger partial charge in [-0.05, 0) is 24.3 Å². The van der Waals surface area contributed by atoms with Crippen LogP contribution in [0.2, 0.25) is 0 Å². The number of nitrogens with two attached hydrogens (primary N) is 1. The number of esters is 1. The molecule has 1 fully saturated rings. The molecule has 70 valence electrons. The highest BCUT2D eigenvalue weighted by Crippen LogP contribution is 2.34. The molecule has 1 aliphatic heterocycles. The van der Waals surface area contributed by atoms with Crippen molar-refractivity contribution in [2.24, 2.45) is 11.1 Å². The van der Waals surface area contributed by atoms with Crippen LogP contribution in [0.3, 0.4) is 0 Å². The van der Waals surface area contributed by atoms with Gasteiger partial charge < -0.3 is 10.5 Å². The zero-order valence-corrected chi connectivity index (χ0v) is 8.15. The summed E-state index contributed by atoms with van der Waals surface area (Å²) >= 11 is 1.88. The second-order valence-corrected chi connectivity index (χ2v) is 4.31. The summed E-state index contributed by atoms with van der Waals surface area (Å²) in [5, 5.41) is 0. The molecule has 1 rings (SSSR count). The van der Waals surface area contributed by atoms with Crippen LogP contribution in [0.25, 0.3) is 0 Å². The largest absolute Gasteiger partial charge is 0.469 e. The van der Waals surface area contributed by atoms with Crippen molar-refractivity contribution in [2.45, 2.75) is 12.8 Å². The minimum absolute atomic E-state index is 0.134. The molecule has 0 unspecified atom stereocenters. The molecule has 0 radical (unpaired) electrons. The fourth-order valence-corrected chi connectivity index (χ4v) is 2.74. The van der Waals surface area contributed by atoms with Crippen LogP contribution in [0, 0.1) is 5.41 Å². The van der Waals surface area contributed by atoms with Gasteiger partial charge in [-0.25, -0.2) is 0 Å². The van der Waals surface area contributed by atoms with Crippen LogP contribution >= 0.6 is 11.8 Å². The van der Waals surface area contributed by atoms with E-state index in [1.54, 1.807) is 0 Å². The van der Waals surface area contributed by atoms with E-state index in [4.69, 9.17) is 10.5 Å². The highest BCUT2D eigenvalue weighted by atomic mass is 32.2. The highest BCUT2D eigenvalue weighted by Gasteiger charge is 2.39. The van der Waals surface area contributed by atoms with Crippen LogP contribution in [0.15, 0.2) is 0 Å². The van der Waals surface area contributed by atoms with Crippen molar-refractivity contribution in [1.82, 2.24) is 0 Å². The van der Waals surface area contributed by atoms with Crippen LogP contribution in [0.5, 0.6) is 0 Å². The van der Waals surface area contributed by atoms with Crippen molar-refractivity contribution in [3.05, 3.63) is 0 Å². The van der Waals surface area contributed by atoms with Gasteiger partial charge in [0.05, 0.1) is 12.5 Å². The minimum atomic E-state index is -0.375. The lowest BCUT2D eigenvalue weighted by Gasteiger charge is -2.32. The van der Waals surface area contributed by atoms with Gasteiger partial charge >= 0.3 is 5.97 Å². The lowest BCUT2D eigenvalue weighted by atomic mass is 9.82. The van der Waals surface area contributed by atoms with E-state index in [0.717, 1.165) is 24.3 Å². The van der Waals surface area contributed by atoms with E-state index in [1.165, 1.54) is 7.11 Å². The van der Waals surface area contributed by atoms with Crippen molar-refractivity contribution in [3.8, 4) is 0 Å². The van der Waals surface area contributed by atoms with Gasteiger partial charge in [-0.2, -0.15) is 11.8 Å². The van der Waals surface area contributed by atoms with Crippen LogP contribution < -0.4 is 5.73 Å². The summed E-state index contributed by atoms with van der Waals surface area (Å²) in [6, 6.07) is 0. The maximum Gasteiger partial charge on any atom is 0.313 e. The molecule has 4 heteroatoms. The zero-order valence-electron chi connectivity index (χ0n) is 7.34. The maximum atomic E-state index is 11.4. The van der Waals surface area contributed by atoms with Crippen molar-refractivity contribution in [1.29, 1.82) is 0 Å². The number of hydrogen-bond donors (Lipinski definition) is 1. The Hall–Kier alpha value is -0.220. The fraction of sp³-hybridized carbons (Fsp3) is 0.875. The van der Waals surface area contributed by atoms with Crippen LogP contribution in [-0.2, 0) is 9.53 Å². The van der Waals surface area contributed by atoms with Gasteiger partial charge in [-0.3, -0.25) is 4.79 Å². The molecule has 0 amide bonds. The van der Waals surface area contributed by atoms with E-state index in [9.17, 15) is 4.79 Å². The molecule has 3 nitrogen and oxygen atoms in total. The molecule has 2 N–H and O–H groups in total. The summed E-state index contributed by atoms with van der Waals surface area (Å²) in [5.41, 5.74) is 5.23. The Morgan fingerprint density at radius 2 is 2.17 bits per heavy atom. The molecule has 1 saturated heterocycles. The number of carbonyl (C=O) groups excluding carboxylic acids is 1. The first kappa shape index (κ1) is 9.86. The normalized spacial score (nSPS) is 21.8. The quantitative estimate of drug-likeness (QED) is 0.647. The number of carbonyl (C=O) groups is 1. The predicted octanol–water partition coefficient (Wildman–Crippen LogP) is 0.631. The summed E-state index contributed by atoms with van der Waals surface area (Å²) in [5.74, 6) is 1.91. The topological polar surface area (TPSA) is 52.3 Å². The van der Waals surface area contributed by atoms with E-state index in [-0.39, 0.29) is 11.4 Å². The average Bonchev–Trinajstić information content (AvgIpc) is 2.17. The van der Waals surface area contributed by atoms with Crippen molar-refractivity contribution in [3.63, 3.8) is 0 Å². The van der Waals surface area contributed by atoms with Crippen molar-refractivity contribution in [2.75, 3.05) is 25.2 Å². The lowest BCUT2D eigenvalue weighted by molar-refractivity contribution is -0.152. The monoisotopic (exact) mass is 189 g/mol. The third-order valence-corrected chi connectivity index (χ3v) is 3.44. The standard InChI is InChI=1S/C8H15NO2S/c1-11-7(10)8(6-9)2-4-12-5-3-8/h2-6,9H2,1H3. The molecule has 0 aromatic heterocycles. The molecule has 0 aromatic rings. The summed E-state index contributed by atoms with van der Waals surface area (Å²) in [6.07, 6.45) is 1.72. The minimum Gasteiger partial charge on any atom is -0.469 e. The number of methoxy groups -OCH3 is 1. The van der Waals surface area contributed by atoms with Crippen molar-refractivity contribution < 1.29 is 9.53 Å². The van der Waals surface area contributed by atoms with Gasteiger partial charge in [0.1, 0.15) is 0 Å². The van der Waals surface area contributed by atoms with Gasteiger partial charge in [0.15, 0.2) is 0 Å². The molecule has 0 atom stereocenters. The third-order valence-electron chi connectivity index (χ3n) is 2.46. The molecule has 0 saturated carbocycles. The molecule has 0 spiro atoms. The Bertz CT molecular complexity index is 166. The summed E-state index contributed by atoms with van der Waals surface area (Å²) in [7, 11) is 1.43. The molecule has 1 aliphatic rings. The van der Waals surface area contributed by atoms with Crippen LogP contribution in [0.1, 0.15) is 12.8 Å². The SMILES string of the molecule is COC(=O)C1(CN)CCSCC1. The van der Waals surface area contributed by atoms with Gasteiger partial charge in [-0.1, -0.05) is 0 Å². The molecule has 1 heterocycles. The Morgan fingerprint density at radius 1 is 1.58 bits per heavy atom. The van der Waals surface area contributed by atoms with E-state index < -0.39 is 0 Å². The predicted molar refractivity (Wildman–Crippen MR) is 50.1 cm³/mol. The van der Waals surface area contributed by atoms with Crippen LogP contribution in [-0.4, -0.2) is 31.1 Å². The molecular weight excluding hydrogens is 174 g/mol. The van der Waals surface area contributed by atoms with E-state index in [1.807, 2.05) is 11.8 Å². The lowest BCUT2D eigenvalue weighted by Crippen LogP contribution is -2.42. The second kappa shape index (κ2) is 4.14. The summed E-state index contributed by atoms with van der Waals surface area (Å²) < 4.78 is 4.76. The number of hydrogen-bond acceptors (Lipinski definition) is 4. The Balaban J connectivity index is 2.66. The van der Waals surface area contributed by atoms with Gasteiger partial charge in [0.25, 0.3) is 0 Å². The maximum absolute atomic E-state index is 11.4. The highest BCUT2D eigenvalue weighted by molar-refractivity contribution is 7.99. The zero-order chi connectivity index (χ0) is 9.03. The number of ether oxygens (including phenoxy) is 1. The Labute approximate surface area is 77.0 Å². The summed E-state index contributed by atoms with van der Waals surface area (Å²) in [4.78, 5) is 11.4. The molecule has 0 aromatic carbocycles. The molecule has 0 bridgehead atoms. The van der Waals surface area contributed by atoms with E-state index in [2.05, 4.69) is 0 Å². The van der Waals surface area contributed by atoms with E-state index >= 15 is 0 Å². The Kier molecular flexibility index (Phi) is 3.40. The first-order valence-corrected chi connectivity index (χ1v) is 5.27. The van der Waals surface area contributed by atoms with Crippen molar-refractivity contribution >= 4 is 17.7 Å². The number of thioether (sulfide) groups is 1. The first-order chi connectivity index (χ1) is 5.75. The summed E-state index contributed by atoms with van der Waals surface area (Å²) in [6.45, 7) is 0.417. The number of rotatable bonds is 2. The van der Waals surface area contributed by atoms with Gasteiger partial charge in [0.2, 0.25) is 0 Å². The second-order valence-electron chi connectivity index (χ2n) is 3.09. The Morgan fingerprint density at radius 3 is 2.58 bits per heavy atom. The van der Waals surface area contributed by atoms with Crippen LogP contribution in [0.4, 0.5) is 0 Å². The van der Waals surface area contributed by atoms with Gasteiger partial charge in [-0.15, -0.1) is 0 Å². The molecule has 12 heavy (non-hydrogen) atoms. The molecule has 0 aliphatic carbocycles. The average molecular weight is 189 g/mol. The molecular formula is C8H15NO2S. The third kappa shape index (κ3) is 1.75. The smallest absolute Gasteiger partial charge is 0.313 e. The van der Waals surface area contributed by atoms with Gasteiger partial charge in [0, 0.05) is 6.54 Å². The van der Waals surface area contributed by atoms with E-state index in [0.29, 0.717) is 6.54 Å². The fourth-order valence-electron chi connectivity index (χ4n) is 1.47.